The number of nitrogens with one attached hydrogen (secondary N) is 1. The summed E-state index contributed by atoms with van der Waals surface area (Å²) in [5, 5.41) is 2.82. The highest BCUT2D eigenvalue weighted by Crippen LogP contribution is 2.22. The zero-order valence-electron chi connectivity index (χ0n) is 11.3. The third-order valence-corrected chi connectivity index (χ3v) is 3.64. The number of hydrogen-bond donors (Lipinski definition) is 1. The van der Waals surface area contributed by atoms with E-state index in [2.05, 4.69) is 35.1 Å². The second-order valence-electron chi connectivity index (χ2n) is 4.86. The third-order valence-electron chi connectivity index (χ3n) is 2.99. The van der Waals surface area contributed by atoms with Crippen LogP contribution in [-0.2, 0) is 0 Å². The van der Waals surface area contributed by atoms with Gasteiger partial charge in [-0.25, -0.2) is 4.39 Å². The average Bonchev–Trinajstić information content (AvgIpc) is 2.38. The van der Waals surface area contributed by atoms with Crippen LogP contribution in [0.3, 0.4) is 0 Å². The van der Waals surface area contributed by atoms with Gasteiger partial charge in [-0.15, -0.1) is 0 Å². The van der Waals surface area contributed by atoms with Gasteiger partial charge in [0.2, 0.25) is 0 Å². The lowest BCUT2D eigenvalue weighted by atomic mass is 10.0. The van der Waals surface area contributed by atoms with Gasteiger partial charge in [0.15, 0.2) is 0 Å². The molecule has 2 aromatic carbocycles. The minimum absolute atomic E-state index is 0.266. The standard InChI is InChI=1S/C16H15BrFNO/c1-10(2)11-4-3-5-13(8-11)19-16(20)14-7-6-12(18)9-15(14)17/h3-10H,1-2H3,(H,19,20). The molecule has 0 aromatic heterocycles. The molecule has 2 nitrogen and oxygen atoms in total. The Bertz CT molecular complexity index is 640. The van der Waals surface area contributed by atoms with Crippen molar-refractivity contribution in [3.8, 4) is 0 Å². The van der Waals surface area contributed by atoms with Crippen LogP contribution in [0.25, 0.3) is 0 Å². The first-order valence-electron chi connectivity index (χ1n) is 6.33. The van der Waals surface area contributed by atoms with E-state index in [9.17, 15) is 9.18 Å². The Balaban J connectivity index is 2.21. The van der Waals surface area contributed by atoms with E-state index in [1.165, 1.54) is 18.2 Å². The molecule has 0 bridgehead atoms. The molecule has 0 radical (unpaired) electrons. The van der Waals surface area contributed by atoms with Crippen molar-refractivity contribution >= 4 is 27.5 Å². The molecule has 0 atom stereocenters. The van der Waals surface area contributed by atoms with Crippen molar-refractivity contribution in [3.63, 3.8) is 0 Å². The highest BCUT2D eigenvalue weighted by molar-refractivity contribution is 9.10. The highest BCUT2D eigenvalue weighted by Gasteiger charge is 2.11. The number of anilines is 1. The number of halogens is 2. The molecule has 0 aliphatic heterocycles. The third kappa shape index (κ3) is 3.45. The number of carbonyl (C=O) groups is 1. The summed E-state index contributed by atoms with van der Waals surface area (Å²) >= 11 is 3.20. The van der Waals surface area contributed by atoms with Crippen LogP contribution >= 0.6 is 15.9 Å². The Hall–Kier alpha value is -1.68. The normalized spacial score (nSPS) is 10.7. The van der Waals surface area contributed by atoms with Crippen molar-refractivity contribution < 1.29 is 9.18 Å². The van der Waals surface area contributed by atoms with Gasteiger partial charge in [-0.2, -0.15) is 0 Å². The maximum Gasteiger partial charge on any atom is 0.256 e. The minimum Gasteiger partial charge on any atom is -0.322 e. The summed E-state index contributed by atoms with van der Waals surface area (Å²) in [5.41, 5.74) is 2.29. The van der Waals surface area contributed by atoms with Crippen molar-refractivity contribution in [1.82, 2.24) is 0 Å². The summed E-state index contributed by atoms with van der Waals surface area (Å²) < 4.78 is 13.5. The smallest absolute Gasteiger partial charge is 0.256 e. The van der Waals surface area contributed by atoms with Crippen LogP contribution in [0.4, 0.5) is 10.1 Å². The zero-order valence-corrected chi connectivity index (χ0v) is 12.9. The Labute approximate surface area is 126 Å². The van der Waals surface area contributed by atoms with Gasteiger partial charge in [-0.05, 0) is 57.7 Å². The lowest BCUT2D eigenvalue weighted by Crippen LogP contribution is -2.12. The molecule has 0 heterocycles. The SMILES string of the molecule is CC(C)c1cccc(NC(=O)c2ccc(F)cc2Br)c1. The summed E-state index contributed by atoms with van der Waals surface area (Å²) in [4.78, 5) is 12.2. The number of hydrogen-bond acceptors (Lipinski definition) is 1. The molecule has 4 heteroatoms. The lowest BCUT2D eigenvalue weighted by molar-refractivity contribution is 0.102. The van der Waals surface area contributed by atoms with Crippen LogP contribution in [0, 0.1) is 5.82 Å². The molecule has 2 rings (SSSR count). The molecular formula is C16H15BrFNO. The van der Waals surface area contributed by atoms with E-state index in [1.807, 2.05) is 24.3 Å². The summed E-state index contributed by atoms with van der Waals surface area (Å²) in [7, 11) is 0. The summed E-state index contributed by atoms with van der Waals surface area (Å²) in [6, 6.07) is 11.7. The number of carbonyl (C=O) groups excluding carboxylic acids is 1. The van der Waals surface area contributed by atoms with Crippen LogP contribution in [-0.4, -0.2) is 5.91 Å². The van der Waals surface area contributed by atoms with Gasteiger partial charge in [0, 0.05) is 10.2 Å². The fourth-order valence-electron chi connectivity index (χ4n) is 1.85. The van der Waals surface area contributed by atoms with Crippen LogP contribution in [0.1, 0.15) is 35.7 Å². The summed E-state index contributed by atoms with van der Waals surface area (Å²) in [6.45, 7) is 4.19. The van der Waals surface area contributed by atoms with Gasteiger partial charge < -0.3 is 5.32 Å². The van der Waals surface area contributed by atoms with Crippen molar-refractivity contribution in [2.24, 2.45) is 0 Å². The largest absolute Gasteiger partial charge is 0.322 e. The van der Waals surface area contributed by atoms with Gasteiger partial charge >= 0.3 is 0 Å². The molecule has 1 N–H and O–H groups in total. The van der Waals surface area contributed by atoms with E-state index in [0.717, 1.165) is 11.3 Å². The van der Waals surface area contributed by atoms with Crippen molar-refractivity contribution in [3.05, 3.63) is 63.9 Å². The van der Waals surface area contributed by atoms with Gasteiger partial charge in [0.1, 0.15) is 5.82 Å². The topological polar surface area (TPSA) is 29.1 Å². The molecule has 0 aliphatic rings. The molecule has 20 heavy (non-hydrogen) atoms. The Morgan fingerprint density at radius 2 is 1.95 bits per heavy atom. The molecular weight excluding hydrogens is 321 g/mol. The fourth-order valence-corrected chi connectivity index (χ4v) is 2.38. The first-order valence-corrected chi connectivity index (χ1v) is 7.13. The molecule has 2 aromatic rings. The van der Waals surface area contributed by atoms with E-state index in [0.29, 0.717) is 16.0 Å². The molecule has 0 spiro atoms. The average molecular weight is 336 g/mol. The molecule has 0 aliphatic carbocycles. The van der Waals surface area contributed by atoms with Crippen LogP contribution in [0.5, 0.6) is 0 Å². The van der Waals surface area contributed by atoms with Gasteiger partial charge in [0.05, 0.1) is 5.56 Å². The number of benzene rings is 2. The summed E-state index contributed by atoms with van der Waals surface area (Å²) in [5.74, 6) is -0.252. The van der Waals surface area contributed by atoms with Crippen molar-refractivity contribution in [2.45, 2.75) is 19.8 Å². The Morgan fingerprint density at radius 1 is 1.20 bits per heavy atom. The highest BCUT2D eigenvalue weighted by atomic mass is 79.9. The molecule has 1 amide bonds. The van der Waals surface area contributed by atoms with Crippen LogP contribution in [0.15, 0.2) is 46.9 Å². The Kier molecular flexibility index (Phi) is 4.55. The number of amides is 1. The lowest BCUT2D eigenvalue weighted by Gasteiger charge is -2.10. The van der Waals surface area contributed by atoms with Crippen molar-refractivity contribution in [2.75, 3.05) is 5.32 Å². The quantitative estimate of drug-likeness (QED) is 0.843. The predicted octanol–water partition coefficient (Wildman–Crippen LogP) is 4.96. The van der Waals surface area contributed by atoms with E-state index in [-0.39, 0.29) is 11.7 Å². The molecule has 0 saturated heterocycles. The molecule has 104 valence electrons. The zero-order chi connectivity index (χ0) is 14.7. The van der Waals surface area contributed by atoms with Crippen LogP contribution < -0.4 is 5.32 Å². The second kappa shape index (κ2) is 6.18. The van der Waals surface area contributed by atoms with Gasteiger partial charge in [-0.1, -0.05) is 26.0 Å². The van der Waals surface area contributed by atoms with Crippen LogP contribution in [0.2, 0.25) is 0 Å². The van der Waals surface area contributed by atoms with Gasteiger partial charge in [0.25, 0.3) is 5.91 Å². The summed E-state index contributed by atoms with van der Waals surface area (Å²) in [6.07, 6.45) is 0. The molecule has 0 unspecified atom stereocenters. The van der Waals surface area contributed by atoms with E-state index >= 15 is 0 Å². The maximum atomic E-state index is 13.0. The molecule has 0 fully saturated rings. The second-order valence-corrected chi connectivity index (χ2v) is 5.71. The fraction of sp³-hybridized carbons (Fsp3) is 0.188. The van der Waals surface area contributed by atoms with Gasteiger partial charge in [-0.3, -0.25) is 4.79 Å². The minimum atomic E-state index is -0.379. The monoisotopic (exact) mass is 335 g/mol. The first-order chi connectivity index (χ1) is 9.47. The Morgan fingerprint density at radius 3 is 2.60 bits per heavy atom. The predicted molar refractivity (Wildman–Crippen MR) is 82.6 cm³/mol. The van der Waals surface area contributed by atoms with E-state index in [1.54, 1.807) is 0 Å². The van der Waals surface area contributed by atoms with E-state index in [4.69, 9.17) is 0 Å². The maximum absolute atomic E-state index is 13.0. The number of rotatable bonds is 3. The van der Waals surface area contributed by atoms with Crippen molar-refractivity contribution in [1.29, 1.82) is 0 Å². The first kappa shape index (κ1) is 14.7. The van der Waals surface area contributed by atoms with E-state index < -0.39 is 0 Å². The molecule has 0 saturated carbocycles.